The molecule has 0 radical (unpaired) electrons. The summed E-state index contributed by atoms with van der Waals surface area (Å²) in [6.07, 6.45) is -0.223. The average molecular weight is 298 g/mol. The van der Waals surface area contributed by atoms with Crippen molar-refractivity contribution >= 4 is 23.3 Å². The summed E-state index contributed by atoms with van der Waals surface area (Å²) in [5.41, 5.74) is -0.429. The van der Waals surface area contributed by atoms with Gasteiger partial charge in [0.2, 0.25) is 0 Å². The van der Waals surface area contributed by atoms with Gasteiger partial charge in [0.1, 0.15) is 5.75 Å². The van der Waals surface area contributed by atoms with Crippen molar-refractivity contribution in [2.45, 2.75) is 6.42 Å². The largest absolute Gasteiger partial charge is 0.494 e. The number of nitro benzene ring substituents is 1. The molecular weight excluding hydrogens is 284 g/mol. The summed E-state index contributed by atoms with van der Waals surface area (Å²) in [5, 5.41) is 22.3. The van der Waals surface area contributed by atoms with Gasteiger partial charge in [0.05, 0.1) is 31.1 Å². The zero-order chi connectivity index (χ0) is 16.0. The van der Waals surface area contributed by atoms with Crippen molar-refractivity contribution in [1.29, 1.82) is 0 Å². The maximum Gasteiger partial charge on any atom is 0.338 e. The number of carboxylic acid groups (broad SMARTS) is 1. The van der Waals surface area contributed by atoms with E-state index in [9.17, 15) is 19.7 Å². The van der Waals surface area contributed by atoms with Gasteiger partial charge >= 0.3 is 11.9 Å². The molecule has 1 aromatic rings. The van der Waals surface area contributed by atoms with Crippen LogP contribution in [0.5, 0.6) is 5.75 Å². The molecule has 1 rings (SSSR count). The van der Waals surface area contributed by atoms with Gasteiger partial charge in [-0.15, -0.1) is 0 Å². The molecule has 1 aromatic carbocycles. The minimum atomic E-state index is -1.05. The molecule has 9 nitrogen and oxygen atoms in total. The number of nitro groups is 1. The lowest BCUT2D eigenvalue weighted by molar-refractivity contribution is -0.384. The van der Waals surface area contributed by atoms with Gasteiger partial charge in [-0.25, -0.2) is 4.79 Å². The maximum atomic E-state index is 11.5. The minimum Gasteiger partial charge on any atom is -0.494 e. The van der Waals surface area contributed by atoms with Crippen LogP contribution < -0.4 is 10.1 Å². The minimum absolute atomic E-state index is 0.0106. The first-order valence-corrected chi connectivity index (χ1v) is 5.81. The van der Waals surface area contributed by atoms with Gasteiger partial charge < -0.3 is 19.9 Å². The number of aliphatic carboxylic acids is 1. The van der Waals surface area contributed by atoms with Gasteiger partial charge in [-0.1, -0.05) is 0 Å². The molecule has 0 bridgehead atoms. The number of rotatable bonds is 7. The smallest absolute Gasteiger partial charge is 0.338 e. The number of anilines is 1. The van der Waals surface area contributed by atoms with E-state index in [0.29, 0.717) is 0 Å². The number of carboxylic acids is 1. The third-order valence-electron chi connectivity index (χ3n) is 2.56. The monoisotopic (exact) mass is 298 g/mol. The zero-order valence-electron chi connectivity index (χ0n) is 11.4. The van der Waals surface area contributed by atoms with E-state index in [4.69, 9.17) is 9.84 Å². The molecule has 0 spiro atoms. The van der Waals surface area contributed by atoms with Crippen molar-refractivity contribution in [2.24, 2.45) is 0 Å². The lowest BCUT2D eigenvalue weighted by atomic mass is 10.1. The normalized spacial score (nSPS) is 9.81. The number of hydrogen-bond donors (Lipinski definition) is 2. The second-order valence-electron chi connectivity index (χ2n) is 3.89. The Morgan fingerprint density at radius 1 is 1.38 bits per heavy atom. The molecule has 9 heteroatoms. The highest BCUT2D eigenvalue weighted by Crippen LogP contribution is 2.36. The molecule has 0 aliphatic heterocycles. The van der Waals surface area contributed by atoms with Crippen molar-refractivity contribution in [3.8, 4) is 5.75 Å². The van der Waals surface area contributed by atoms with Gasteiger partial charge in [-0.05, 0) is 6.07 Å². The molecule has 0 unspecified atom stereocenters. The lowest BCUT2D eigenvalue weighted by Crippen LogP contribution is -2.11. The number of esters is 1. The van der Waals surface area contributed by atoms with Crippen molar-refractivity contribution in [2.75, 3.05) is 26.1 Å². The molecule has 0 amide bonds. The number of carbonyl (C=O) groups is 2. The molecular formula is C12H14N2O7. The van der Waals surface area contributed by atoms with E-state index in [2.05, 4.69) is 10.1 Å². The Bertz CT molecular complexity index is 571. The van der Waals surface area contributed by atoms with E-state index < -0.39 is 22.5 Å². The standard InChI is InChI=1S/C12H14N2O7/c1-20-9-6-7(12(17)21-2)5-8(14(18)19)11(9)13-4-3-10(15)16/h5-6,13H,3-4H2,1-2H3,(H,15,16). The number of carbonyl (C=O) groups excluding carboxylic acids is 1. The van der Waals surface area contributed by atoms with Crippen LogP contribution in [0.1, 0.15) is 16.8 Å². The van der Waals surface area contributed by atoms with Crippen molar-refractivity contribution in [3.63, 3.8) is 0 Å². The molecule has 0 heterocycles. The predicted molar refractivity (Wildman–Crippen MR) is 71.7 cm³/mol. The first kappa shape index (κ1) is 16.2. The van der Waals surface area contributed by atoms with Crippen LogP contribution in [0, 0.1) is 10.1 Å². The highest BCUT2D eigenvalue weighted by molar-refractivity contribution is 5.93. The van der Waals surface area contributed by atoms with Gasteiger partial charge in [0.15, 0.2) is 5.69 Å². The van der Waals surface area contributed by atoms with Crippen LogP contribution >= 0.6 is 0 Å². The number of methoxy groups -OCH3 is 2. The number of nitrogens with zero attached hydrogens (tertiary/aromatic N) is 1. The second kappa shape index (κ2) is 7.08. The van der Waals surface area contributed by atoms with Gasteiger partial charge in [-0.2, -0.15) is 0 Å². The Balaban J connectivity index is 3.23. The SMILES string of the molecule is COC(=O)c1cc(OC)c(NCCC(=O)O)c([N+](=O)[O-])c1. The lowest BCUT2D eigenvalue weighted by Gasteiger charge is -2.12. The quantitative estimate of drug-likeness (QED) is 0.437. The second-order valence-corrected chi connectivity index (χ2v) is 3.89. The van der Waals surface area contributed by atoms with Gasteiger partial charge in [0.25, 0.3) is 5.69 Å². The molecule has 0 saturated carbocycles. The van der Waals surface area contributed by atoms with Crippen LogP contribution in [0.3, 0.4) is 0 Å². The first-order valence-electron chi connectivity index (χ1n) is 5.81. The molecule has 21 heavy (non-hydrogen) atoms. The number of hydrogen-bond acceptors (Lipinski definition) is 7. The van der Waals surface area contributed by atoms with E-state index >= 15 is 0 Å². The van der Waals surface area contributed by atoms with Crippen LogP contribution in [0.4, 0.5) is 11.4 Å². The van der Waals surface area contributed by atoms with Crippen molar-refractivity contribution < 1.29 is 29.1 Å². The average Bonchev–Trinajstić information content (AvgIpc) is 2.45. The summed E-state index contributed by atoms with van der Waals surface area (Å²) in [6.45, 7) is -0.0237. The van der Waals surface area contributed by atoms with Crippen LogP contribution in [0.25, 0.3) is 0 Å². The van der Waals surface area contributed by atoms with Gasteiger partial charge in [0, 0.05) is 12.6 Å². The fourth-order valence-corrected chi connectivity index (χ4v) is 1.61. The van der Waals surface area contributed by atoms with E-state index in [1.807, 2.05) is 0 Å². The topological polar surface area (TPSA) is 128 Å². The van der Waals surface area contributed by atoms with Crippen LogP contribution in [0.15, 0.2) is 12.1 Å². The van der Waals surface area contributed by atoms with Crippen LogP contribution in [-0.2, 0) is 9.53 Å². The Labute approximate surface area is 119 Å². The molecule has 114 valence electrons. The van der Waals surface area contributed by atoms with Gasteiger partial charge in [-0.3, -0.25) is 14.9 Å². The number of nitrogens with one attached hydrogen (secondary N) is 1. The fourth-order valence-electron chi connectivity index (χ4n) is 1.61. The summed E-state index contributed by atoms with van der Waals surface area (Å²) in [7, 11) is 2.43. The maximum absolute atomic E-state index is 11.5. The highest BCUT2D eigenvalue weighted by atomic mass is 16.6. The van der Waals surface area contributed by atoms with E-state index in [0.717, 1.165) is 13.2 Å². The third kappa shape index (κ3) is 4.06. The Hall–Kier alpha value is -2.84. The molecule has 0 aromatic heterocycles. The highest BCUT2D eigenvalue weighted by Gasteiger charge is 2.23. The van der Waals surface area contributed by atoms with Crippen molar-refractivity contribution in [1.82, 2.24) is 0 Å². The zero-order valence-corrected chi connectivity index (χ0v) is 11.4. The molecule has 0 saturated heterocycles. The summed E-state index contributed by atoms with van der Waals surface area (Å²) in [5.74, 6) is -1.74. The van der Waals surface area contributed by atoms with E-state index in [-0.39, 0.29) is 30.0 Å². The Morgan fingerprint density at radius 2 is 2.05 bits per heavy atom. The predicted octanol–water partition coefficient (Wildman–Crippen LogP) is 1.28. The Morgan fingerprint density at radius 3 is 2.52 bits per heavy atom. The van der Waals surface area contributed by atoms with E-state index in [1.54, 1.807) is 0 Å². The van der Waals surface area contributed by atoms with Crippen LogP contribution in [-0.4, -0.2) is 42.7 Å². The molecule has 0 atom stereocenters. The number of benzene rings is 1. The molecule has 0 fully saturated rings. The summed E-state index contributed by atoms with van der Waals surface area (Å²) < 4.78 is 9.51. The van der Waals surface area contributed by atoms with E-state index in [1.165, 1.54) is 13.2 Å². The molecule has 0 aliphatic rings. The van der Waals surface area contributed by atoms with Crippen molar-refractivity contribution in [3.05, 3.63) is 27.8 Å². The summed E-state index contributed by atoms with van der Waals surface area (Å²) >= 11 is 0. The Kier molecular flexibility index (Phi) is 5.47. The summed E-state index contributed by atoms with van der Waals surface area (Å²) in [4.78, 5) is 32.3. The third-order valence-corrected chi connectivity index (χ3v) is 2.56. The molecule has 2 N–H and O–H groups in total. The first-order chi connectivity index (χ1) is 9.90. The fraction of sp³-hybridized carbons (Fsp3) is 0.333. The number of ether oxygens (including phenoxy) is 2. The summed E-state index contributed by atoms with van der Waals surface area (Å²) in [6, 6.07) is 2.32. The van der Waals surface area contributed by atoms with Crippen LogP contribution in [0.2, 0.25) is 0 Å². The molecule has 0 aliphatic carbocycles.